The molecule has 7 heteroatoms. The number of ether oxygens (including phenoxy) is 2. The van der Waals surface area contributed by atoms with E-state index in [9.17, 15) is 4.39 Å². The average Bonchev–Trinajstić information content (AvgIpc) is 2.64. The second-order valence-corrected chi connectivity index (χ2v) is 6.06. The monoisotopic (exact) mass is 346 g/mol. The Morgan fingerprint density at radius 1 is 1.32 bits per heavy atom. The molecule has 134 valence electrons. The SMILES string of the molecule is CN(C[C@H]1CN(CCOc2ccc(F)cc2)CCO1)c1cccnn1. The third kappa shape index (κ3) is 5.37. The molecule has 6 nitrogen and oxygen atoms in total. The van der Waals surface area contributed by atoms with Crippen LogP contribution in [0.1, 0.15) is 0 Å². The zero-order chi connectivity index (χ0) is 17.5. The summed E-state index contributed by atoms with van der Waals surface area (Å²) in [6, 6.07) is 9.91. The summed E-state index contributed by atoms with van der Waals surface area (Å²) in [6.45, 7) is 4.57. The highest BCUT2D eigenvalue weighted by Gasteiger charge is 2.22. The highest BCUT2D eigenvalue weighted by molar-refractivity contribution is 5.35. The molecule has 0 aliphatic carbocycles. The van der Waals surface area contributed by atoms with Crippen LogP contribution in [0.15, 0.2) is 42.6 Å². The Morgan fingerprint density at radius 2 is 2.16 bits per heavy atom. The predicted octanol–water partition coefficient (Wildman–Crippen LogP) is 1.83. The van der Waals surface area contributed by atoms with E-state index in [4.69, 9.17) is 9.47 Å². The topological polar surface area (TPSA) is 50.7 Å². The van der Waals surface area contributed by atoms with Gasteiger partial charge in [0.05, 0.1) is 12.7 Å². The maximum atomic E-state index is 12.9. The number of anilines is 1. The molecular weight excluding hydrogens is 323 g/mol. The maximum absolute atomic E-state index is 12.9. The van der Waals surface area contributed by atoms with Gasteiger partial charge in [-0.3, -0.25) is 4.90 Å². The van der Waals surface area contributed by atoms with Crippen LogP contribution in [0.3, 0.4) is 0 Å². The van der Waals surface area contributed by atoms with Crippen molar-refractivity contribution in [1.29, 1.82) is 0 Å². The number of rotatable bonds is 7. The maximum Gasteiger partial charge on any atom is 0.151 e. The zero-order valence-corrected chi connectivity index (χ0v) is 14.3. The number of hydrogen-bond acceptors (Lipinski definition) is 6. The van der Waals surface area contributed by atoms with Crippen LogP contribution in [0.2, 0.25) is 0 Å². The lowest BCUT2D eigenvalue weighted by molar-refractivity contribution is -0.0266. The standard InChI is InChI=1S/C18H23FN4O2/c1-22(18-3-2-8-20-21-18)13-17-14-23(10-12-25-17)9-11-24-16-6-4-15(19)5-7-16/h2-8,17H,9-14H2,1H3/t17-/m0/s1. The van der Waals surface area contributed by atoms with Crippen molar-refractivity contribution in [3.05, 3.63) is 48.4 Å². The van der Waals surface area contributed by atoms with Crippen molar-refractivity contribution in [3.8, 4) is 5.75 Å². The van der Waals surface area contributed by atoms with Crippen molar-refractivity contribution in [2.24, 2.45) is 0 Å². The van der Waals surface area contributed by atoms with E-state index in [1.165, 1.54) is 12.1 Å². The number of likely N-dealkylation sites (N-methyl/N-ethyl adjacent to an activating group) is 1. The Morgan fingerprint density at radius 3 is 2.92 bits per heavy atom. The van der Waals surface area contributed by atoms with E-state index < -0.39 is 0 Å². The molecule has 25 heavy (non-hydrogen) atoms. The molecule has 0 bridgehead atoms. The molecule has 1 aromatic carbocycles. The van der Waals surface area contributed by atoms with Crippen LogP contribution in [0.4, 0.5) is 10.2 Å². The molecule has 2 aromatic rings. The molecule has 0 radical (unpaired) electrons. The van der Waals surface area contributed by atoms with Gasteiger partial charge in [-0.15, -0.1) is 5.10 Å². The smallest absolute Gasteiger partial charge is 0.151 e. The van der Waals surface area contributed by atoms with Crippen molar-refractivity contribution in [3.63, 3.8) is 0 Å². The molecule has 1 aromatic heterocycles. The number of aromatic nitrogens is 2. The lowest BCUT2D eigenvalue weighted by Crippen LogP contribution is -2.48. The van der Waals surface area contributed by atoms with Crippen LogP contribution in [0, 0.1) is 5.82 Å². The van der Waals surface area contributed by atoms with E-state index >= 15 is 0 Å². The molecule has 3 rings (SSSR count). The summed E-state index contributed by atoms with van der Waals surface area (Å²) in [6.07, 6.45) is 1.78. The fraction of sp³-hybridized carbons (Fsp3) is 0.444. The fourth-order valence-corrected chi connectivity index (χ4v) is 2.81. The number of benzene rings is 1. The van der Waals surface area contributed by atoms with Gasteiger partial charge in [-0.2, -0.15) is 5.10 Å². The number of nitrogens with zero attached hydrogens (tertiary/aromatic N) is 4. The highest BCUT2D eigenvalue weighted by atomic mass is 19.1. The second-order valence-electron chi connectivity index (χ2n) is 6.06. The Bertz CT molecular complexity index is 641. The van der Waals surface area contributed by atoms with Crippen LogP contribution in [-0.2, 0) is 4.74 Å². The molecule has 1 aliphatic heterocycles. The first-order chi connectivity index (χ1) is 12.2. The lowest BCUT2D eigenvalue weighted by atomic mass is 10.2. The molecule has 0 amide bonds. The van der Waals surface area contributed by atoms with Crippen molar-refractivity contribution < 1.29 is 13.9 Å². The summed E-state index contributed by atoms with van der Waals surface area (Å²) in [5, 5.41) is 8.02. The van der Waals surface area contributed by atoms with Gasteiger partial charge in [-0.1, -0.05) is 0 Å². The molecule has 0 spiro atoms. The van der Waals surface area contributed by atoms with Gasteiger partial charge in [-0.25, -0.2) is 4.39 Å². The quantitative estimate of drug-likeness (QED) is 0.762. The minimum atomic E-state index is -0.254. The second kappa shape index (κ2) is 8.73. The largest absolute Gasteiger partial charge is 0.492 e. The Hall–Kier alpha value is -2.25. The molecule has 1 atom stereocenters. The first-order valence-electron chi connectivity index (χ1n) is 8.42. The van der Waals surface area contributed by atoms with Crippen molar-refractivity contribution in [1.82, 2.24) is 15.1 Å². The van der Waals surface area contributed by atoms with Gasteiger partial charge in [0.2, 0.25) is 0 Å². The summed E-state index contributed by atoms with van der Waals surface area (Å²) < 4.78 is 24.4. The number of hydrogen-bond donors (Lipinski definition) is 0. The summed E-state index contributed by atoms with van der Waals surface area (Å²) in [4.78, 5) is 4.37. The minimum absolute atomic E-state index is 0.117. The van der Waals surface area contributed by atoms with Gasteiger partial charge in [0.25, 0.3) is 0 Å². The van der Waals surface area contributed by atoms with Crippen LogP contribution in [0.5, 0.6) is 5.75 Å². The number of halogens is 1. The molecule has 0 unspecified atom stereocenters. The van der Waals surface area contributed by atoms with E-state index in [0.717, 1.165) is 32.0 Å². The van der Waals surface area contributed by atoms with Crippen LogP contribution in [0.25, 0.3) is 0 Å². The van der Waals surface area contributed by atoms with Gasteiger partial charge in [0, 0.05) is 39.4 Å². The predicted molar refractivity (Wildman–Crippen MR) is 93.4 cm³/mol. The summed E-state index contributed by atoms with van der Waals surface area (Å²) in [5.41, 5.74) is 0. The van der Waals surface area contributed by atoms with Gasteiger partial charge in [-0.05, 0) is 36.4 Å². The van der Waals surface area contributed by atoms with Gasteiger partial charge < -0.3 is 14.4 Å². The normalized spacial score (nSPS) is 18.1. The molecular formula is C18H23FN4O2. The van der Waals surface area contributed by atoms with Gasteiger partial charge in [0.15, 0.2) is 5.82 Å². The van der Waals surface area contributed by atoms with E-state index in [1.54, 1.807) is 18.3 Å². The van der Waals surface area contributed by atoms with Crippen molar-refractivity contribution in [2.45, 2.75) is 6.10 Å². The number of morpholine rings is 1. The minimum Gasteiger partial charge on any atom is -0.492 e. The zero-order valence-electron chi connectivity index (χ0n) is 14.3. The Labute approximate surface area is 147 Å². The van der Waals surface area contributed by atoms with Crippen LogP contribution >= 0.6 is 0 Å². The Kier molecular flexibility index (Phi) is 6.14. The summed E-state index contributed by atoms with van der Waals surface area (Å²) in [5.74, 6) is 1.27. The van der Waals surface area contributed by atoms with E-state index in [0.29, 0.717) is 19.0 Å². The molecule has 0 saturated carbocycles. The molecule has 1 aliphatic rings. The van der Waals surface area contributed by atoms with E-state index in [1.807, 2.05) is 19.2 Å². The van der Waals surface area contributed by atoms with Crippen molar-refractivity contribution in [2.75, 3.05) is 51.3 Å². The van der Waals surface area contributed by atoms with Crippen molar-refractivity contribution >= 4 is 5.82 Å². The first-order valence-corrected chi connectivity index (χ1v) is 8.42. The summed E-state index contributed by atoms with van der Waals surface area (Å²) in [7, 11) is 1.99. The first kappa shape index (κ1) is 17.6. The molecule has 0 N–H and O–H groups in total. The average molecular weight is 346 g/mol. The molecule has 2 heterocycles. The van der Waals surface area contributed by atoms with Gasteiger partial charge >= 0.3 is 0 Å². The van der Waals surface area contributed by atoms with Gasteiger partial charge in [0.1, 0.15) is 18.2 Å². The fourth-order valence-electron chi connectivity index (χ4n) is 2.81. The van der Waals surface area contributed by atoms with Crippen LogP contribution < -0.4 is 9.64 Å². The van der Waals surface area contributed by atoms with E-state index in [-0.39, 0.29) is 11.9 Å². The van der Waals surface area contributed by atoms with Crippen LogP contribution in [-0.4, -0.2) is 67.6 Å². The third-order valence-electron chi connectivity index (χ3n) is 4.14. The summed E-state index contributed by atoms with van der Waals surface area (Å²) >= 11 is 0. The van der Waals surface area contributed by atoms with E-state index in [2.05, 4.69) is 20.0 Å². The lowest BCUT2D eigenvalue weighted by Gasteiger charge is -2.34. The molecule has 1 fully saturated rings. The highest BCUT2D eigenvalue weighted by Crippen LogP contribution is 2.13. The Balaban J connectivity index is 1.42. The third-order valence-corrected chi connectivity index (χ3v) is 4.14. The molecule has 1 saturated heterocycles.